The average molecular weight is 243 g/mol. The van der Waals surface area contributed by atoms with Crippen LogP contribution in [0.5, 0.6) is 0 Å². The molecule has 0 bridgehead atoms. The lowest BCUT2D eigenvalue weighted by Gasteiger charge is -2.09. The summed E-state index contributed by atoms with van der Waals surface area (Å²) in [7, 11) is -3.50. The van der Waals surface area contributed by atoms with Crippen molar-refractivity contribution in [3.8, 4) is 0 Å². The van der Waals surface area contributed by atoms with Crippen molar-refractivity contribution in [3.05, 3.63) is 29.3 Å². The third-order valence-electron chi connectivity index (χ3n) is 2.36. The van der Waals surface area contributed by atoms with Gasteiger partial charge in [-0.2, -0.15) is 0 Å². The second-order valence-corrected chi connectivity index (χ2v) is 5.71. The highest BCUT2D eigenvalue weighted by Gasteiger charge is 2.14. The van der Waals surface area contributed by atoms with E-state index < -0.39 is 16.1 Å². The number of benzene rings is 1. The van der Waals surface area contributed by atoms with Gasteiger partial charge in [0, 0.05) is 6.54 Å². The third kappa shape index (κ3) is 3.30. The van der Waals surface area contributed by atoms with Crippen LogP contribution in [0.1, 0.15) is 18.1 Å². The SMILES string of the molecule is Cc1ccc(S(=O)(=O)NC[C@@H](C)O)cc1C. The molecule has 90 valence electrons. The minimum atomic E-state index is -3.50. The largest absolute Gasteiger partial charge is 0.392 e. The Bertz CT molecular complexity index is 466. The summed E-state index contributed by atoms with van der Waals surface area (Å²) in [5.41, 5.74) is 1.98. The van der Waals surface area contributed by atoms with Crippen LogP contribution in [0, 0.1) is 13.8 Å². The average Bonchev–Trinajstić information content (AvgIpc) is 2.19. The predicted octanol–water partition coefficient (Wildman–Crippen LogP) is 0.963. The second-order valence-electron chi connectivity index (χ2n) is 3.95. The highest BCUT2D eigenvalue weighted by Crippen LogP contribution is 2.14. The number of hydrogen-bond acceptors (Lipinski definition) is 3. The molecule has 1 aromatic rings. The number of aryl methyl sites for hydroxylation is 2. The van der Waals surface area contributed by atoms with Crippen LogP contribution in [-0.2, 0) is 10.0 Å². The monoisotopic (exact) mass is 243 g/mol. The molecule has 2 N–H and O–H groups in total. The molecular weight excluding hydrogens is 226 g/mol. The minimum absolute atomic E-state index is 0.0231. The maximum Gasteiger partial charge on any atom is 0.240 e. The number of nitrogens with one attached hydrogen (secondary N) is 1. The maximum absolute atomic E-state index is 11.8. The molecule has 1 atom stereocenters. The summed E-state index contributed by atoms with van der Waals surface area (Å²) in [4.78, 5) is 0.233. The molecule has 0 heterocycles. The van der Waals surface area contributed by atoms with E-state index in [-0.39, 0.29) is 11.4 Å². The van der Waals surface area contributed by atoms with Crippen molar-refractivity contribution in [2.45, 2.75) is 31.8 Å². The second kappa shape index (κ2) is 4.95. The molecule has 0 fully saturated rings. The van der Waals surface area contributed by atoms with Crippen LogP contribution < -0.4 is 4.72 Å². The zero-order chi connectivity index (χ0) is 12.3. The van der Waals surface area contributed by atoms with Crippen LogP contribution in [-0.4, -0.2) is 26.2 Å². The lowest BCUT2D eigenvalue weighted by molar-refractivity contribution is 0.198. The number of rotatable bonds is 4. The van der Waals surface area contributed by atoms with E-state index in [2.05, 4.69) is 4.72 Å². The topological polar surface area (TPSA) is 66.4 Å². The molecule has 1 aromatic carbocycles. The first-order valence-corrected chi connectivity index (χ1v) is 6.56. The van der Waals surface area contributed by atoms with Gasteiger partial charge >= 0.3 is 0 Å². The Balaban J connectivity index is 2.94. The number of hydrogen-bond donors (Lipinski definition) is 2. The first-order chi connectivity index (χ1) is 7.33. The van der Waals surface area contributed by atoms with E-state index in [9.17, 15) is 8.42 Å². The fourth-order valence-electron chi connectivity index (χ4n) is 1.19. The molecule has 0 saturated heterocycles. The molecule has 0 amide bonds. The van der Waals surface area contributed by atoms with E-state index in [1.165, 1.54) is 6.92 Å². The van der Waals surface area contributed by atoms with Crippen LogP contribution in [0.4, 0.5) is 0 Å². The molecule has 0 aliphatic carbocycles. The Morgan fingerprint density at radius 1 is 1.31 bits per heavy atom. The van der Waals surface area contributed by atoms with Gasteiger partial charge in [0.1, 0.15) is 0 Å². The van der Waals surface area contributed by atoms with Crippen molar-refractivity contribution in [1.82, 2.24) is 4.72 Å². The van der Waals surface area contributed by atoms with Crippen LogP contribution >= 0.6 is 0 Å². The fraction of sp³-hybridized carbons (Fsp3) is 0.455. The number of sulfonamides is 1. The van der Waals surface area contributed by atoms with E-state index in [1.54, 1.807) is 18.2 Å². The summed E-state index contributed by atoms with van der Waals surface area (Å²) < 4.78 is 25.9. The molecule has 0 aromatic heterocycles. The lowest BCUT2D eigenvalue weighted by Crippen LogP contribution is -2.30. The normalized spacial score (nSPS) is 13.8. The van der Waals surface area contributed by atoms with Gasteiger partial charge in [-0.1, -0.05) is 6.07 Å². The van der Waals surface area contributed by atoms with Gasteiger partial charge in [0.15, 0.2) is 0 Å². The van der Waals surface area contributed by atoms with Crippen molar-refractivity contribution in [1.29, 1.82) is 0 Å². The molecule has 0 unspecified atom stereocenters. The van der Waals surface area contributed by atoms with E-state index >= 15 is 0 Å². The van der Waals surface area contributed by atoms with Crippen molar-refractivity contribution in [2.24, 2.45) is 0 Å². The Labute approximate surface area is 96.4 Å². The van der Waals surface area contributed by atoms with Gasteiger partial charge in [0.2, 0.25) is 10.0 Å². The minimum Gasteiger partial charge on any atom is -0.392 e. The van der Waals surface area contributed by atoms with Gasteiger partial charge in [-0.15, -0.1) is 0 Å². The van der Waals surface area contributed by atoms with Gasteiger partial charge in [-0.25, -0.2) is 13.1 Å². The molecule has 16 heavy (non-hydrogen) atoms. The molecule has 0 spiro atoms. The summed E-state index contributed by atoms with van der Waals surface area (Å²) in [5, 5.41) is 9.03. The zero-order valence-electron chi connectivity index (χ0n) is 9.69. The molecule has 1 rings (SSSR count). The summed E-state index contributed by atoms with van der Waals surface area (Å²) in [5.74, 6) is 0. The first kappa shape index (κ1) is 13.2. The fourth-order valence-corrected chi connectivity index (χ4v) is 2.40. The summed E-state index contributed by atoms with van der Waals surface area (Å²) in [6.07, 6.45) is -0.693. The quantitative estimate of drug-likeness (QED) is 0.828. The van der Waals surface area contributed by atoms with E-state index in [0.29, 0.717) is 0 Å². The molecule has 0 saturated carbocycles. The van der Waals surface area contributed by atoms with E-state index in [4.69, 9.17) is 5.11 Å². The smallest absolute Gasteiger partial charge is 0.240 e. The van der Waals surface area contributed by atoms with E-state index in [1.807, 2.05) is 13.8 Å². The van der Waals surface area contributed by atoms with Crippen LogP contribution in [0.3, 0.4) is 0 Å². The number of aliphatic hydroxyl groups is 1. The van der Waals surface area contributed by atoms with E-state index in [0.717, 1.165) is 11.1 Å². The Kier molecular flexibility index (Phi) is 4.07. The van der Waals surface area contributed by atoms with Crippen LogP contribution in [0.25, 0.3) is 0 Å². The Hall–Kier alpha value is -0.910. The third-order valence-corrected chi connectivity index (χ3v) is 3.78. The van der Waals surface area contributed by atoms with Gasteiger partial charge < -0.3 is 5.11 Å². The molecule has 0 radical (unpaired) electrons. The molecular formula is C11H17NO3S. The van der Waals surface area contributed by atoms with Crippen LogP contribution in [0.15, 0.2) is 23.1 Å². The maximum atomic E-state index is 11.8. The standard InChI is InChI=1S/C11H17NO3S/c1-8-4-5-11(6-9(8)2)16(14,15)12-7-10(3)13/h4-6,10,12-13H,7H2,1-3H3/t10-/m1/s1. The number of aliphatic hydroxyl groups excluding tert-OH is 1. The Morgan fingerprint density at radius 2 is 1.94 bits per heavy atom. The summed E-state index contributed by atoms with van der Waals surface area (Å²) >= 11 is 0. The van der Waals surface area contributed by atoms with Gasteiger partial charge in [0.05, 0.1) is 11.0 Å². The lowest BCUT2D eigenvalue weighted by atomic mass is 10.1. The van der Waals surface area contributed by atoms with Crippen molar-refractivity contribution >= 4 is 10.0 Å². The van der Waals surface area contributed by atoms with Gasteiger partial charge in [-0.3, -0.25) is 0 Å². The molecule has 0 aliphatic rings. The molecule has 0 aliphatic heterocycles. The Morgan fingerprint density at radius 3 is 2.44 bits per heavy atom. The van der Waals surface area contributed by atoms with Crippen molar-refractivity contribution in [3.63, 3.8) is 0 Å². The van der Waals surface area contributed by atoms with Gasteiger partial charge in [-0.05, 0) is 44.0 Å². The predicted molar refractivity (Wildman–Crippen MR) is 62.8 cm³/mol. The molecule has 4 nitrogen and oxygen atoms in total. The van der Waals surface area contributed by atoms with Crippen molar-refractivity contribution in [2.75, 3.05) is 6.54 Å². The molecule has 5 heteroatoms. The highest BCUT2D eigenvalue weighted by atomic mass is 32.2. The van der Waals surface area contributed by atoms with Crippen molar-refractivity contribution < 1.29 is 13.5 Å². The van der Waals surface area contributed by atoms with Crippen LogP contribution in [0.2, 0.25) is 0 Å². The van der Waals surface area contributed by atoms with Gasteiger partial charge in [0.25, 0.3) is 0 Å². The summed E-state index contributed by atoms with van der Waals surface area (Å²) in [6.45, 7) is 5.34. The first-order valence-electron chi connectivity index (χ1n) is 5.08. The summed E-state index contributed by atoms with van der Waals surface area (Å²) in [6, 6.07) is 4.96. The highest BCUT2D eigenvalue weighted by molar-refractivity contribution is 7.89. The zero-order valence-corrected chi connectivity index (χ0v) is 10.5.